The molecule has 0 aliphatic heterocycles. The Kier molecular flexibility index (Phi) is 2.25. The van der Waals surface area contributed by atoms with E-state index in [0.717, 1.165) is 11.3 Å². The van der Waals surface area contributed by atoms with E-state index in [1.807, 2.05) is 35.0 Å². The van der Waals surface area contributed by atoms with Crippen LogP contribution in [0.5, 0.6) is 0 Å². The van der Waals surface area contributed by atoms with Crippen molar-refractivity contribution in [3.05, 3.63) is 36.3 Å². The van der Waals surface area contributed by atoms with E-state index in [0.29, 0.717) is 6.54 Å². The predicted molar refractivity (Wildman–Crippen MR) is 49.0 cm³/mol. The molecule has 4 nitrogen and oxygen atoms in total. The third-order valence-electron chi connectivity index (χ3n) is 1.81. The van der Waals surface area contributed by atoms with Crippen molar-refractivity contribution in [3.63, 3.8) is 0 Å². The maximum atomic E-state index is 4.74. The van der Waals surface area contributed by atoms with Crippen LogP contribution < -0.4 is 5.48 Å². The highest BCUT2D eigenvalue weighted by atomic mass is 16.6. The summed E-state index contributed by atoms with van der Waals surface area (Å²) >= 11 is 0. The van der Waals surface area contributed by atoms with Crippen LogP contribution >= 0.6 is 0 Å². The maximum absolute atomic E-state index is 4.74. The molecule has 0 unspecified atom stereocenters. The Labute approximate surface area is 76.1 Å². The summed E-state index contributed by atoms with van der Waals surface area (Å²) in [6.07, 6.45) is 3.94. The van der Waals surface area contributed by atoms with Crippen molar-refractivity contribution >= 4 is 5.65 Å². The number of nitrogens with zero attached hydrogens (tertiary/aromatic N) is 2. The molecule has 2 aromatic heterocycles. The zero-order chi connectivity index (χ0) is 9.10. The third kappa shape index (κ3) is 1.68. The van der Waals surface area contributed by atoms with E-state index in [2.05, 4.69) is 10.5 Å². The molecule has 2 rings (SSSR count). The average Bonchev–Trinajstić information content (AvgIpc) is 2.57. The monoisotopic (exact) mass is 177 g/mol. The van der Waals surface area contributed by atoms with E-state index < -0.39 is 0 Å². The van der Waals surface area contributed by atoms with Crippen molar-refractivity contribution in [1.29, 1.82) is 0 Å². The molecule has 0 saturated carbocycles. The number of hydroxylamine groups is 1. The summed E-state index contributed by atoms with van der Waals surface area (Å²) < 4.78 is 1.98. The molecular weight excluding hydrogens is 166 g/mol. The number of hydrogen-bond acceptors (Lipinski definition) is 3. The number of hydrogen-bond donors (Lipinski definition) is 1. The van der Waals surface area contributed by atoms with Gasteiger partial charge in [0.1, 0.15) is 5.65 Å². The number of imidazole rings is 1. The maximum Gasteiger partial charge on any atom is 0.137 e. The highest BCUT2D eigenvalue weighted by Crippen LogP contribution is 2.03. The molecule has 0 spiro atoms. The normalized spacial score (nSPS) is 10.8. The number of aromatic nitrogens is 2. The number of fused-ring (bicyclic) bond motifs is 1. The van der Waals surface area contributed by atoms with Crippen LogP contribution in [0.25, 0.3) is 5.65 Å². The molecular formula is C9H11N3O. The lowest BCUT2D eigenvalue weighted by molar-refractivity contribution is 0.0859. The van der Waals surface area contributed by atoms with Crippen molar-refractivity contribution in [2.45, 2.75) is 6.54 Å². The lowest BCUT2D eigenvalue weighted by Gasteiger charge is -1.94. The van der Waals surface area contributed by atoms with E-state index in [1.54, 1.807) is 7.11 Å². The van der Waals surface area contributed by atoms with Gasteiger partial charge < -0.3 is 9.24 Å². The van der Waals surface area contributed by atoms with E-state index in [1.165, 1.54) is 0 Å². The second kappa shape index (κ2) is 3.55. The van der Waals surface area contributed by atoms with Crippen LogP contribution in [0.1, 0.15) is 5.69 Å². The highest BCUT2D eigenvalue weighted by molar-refractivity contribution is 5.39. The van der Waals surface area contributed by atoms with Crippen molar-refractivity contribution in [2.24, 2.45) is 0 Å². The first-order chi connectivity index (χ1) is 6.40. The second-order valence-electron chi connectivity index (χ2n) is 2.72. The Morgan fingerprint density at radius 3 is 3.23 bits per heavy atom. The third-order valence-corrected chi connectivity index (χ3v) is 1.81. The van der Waals surface area contributed by atoms with Gasteiger partial charge in [0.2, 0.25) is 0 Å². The molecule has 2 heterocycles. The molecule has 0 aliphatic rings. The summed E-state index contributed by atoms with van der Waals surface area (Å²) in [5.41, 5.74) is 4.67. The standard InChI is InChI=1S/C9H11N3O/c1-13-10-6-8-7-12-5-3-2-4-9(12)11-8/h2-5,7,10H,6H2,1H3. The minimum Gasteiger partial charge on any atom is -0.307 e. The van der Waals surface area contributed by atoms with E-state index >= 15 is 0 Å². The van der Waals surface area contributed by atoms with Gasteiger partial charge in [-0.1, -0.05) is 6.07 Å². The van der Waals surface area contributed by atoms with Gasteiger partial charge in [0, 0.05) is 12.4 Å². The van der Waals surface area contributed by atoms with Gasteiger partial charge in [0.25, 0.3) is 0 Å². The highest BCUT2D eigenvalue weighted by Gasteiger charge is 1.98. The van der Waals surface area contributed by atoms with Gasteiger partial charge in [0.15, 0.2) is 0 Å². The van der Waals surface area contributed by atoms with Gasteiger partial charge in [-0.25, -0.2) is 4.98 Å². The van der Waals surface area contributed by atoms with E-state index in [9.17, 15) is 0 Å². The number of nitrogens with one attached hydrogen (secondary N) is 1. The van der Waals surface area contributed by atoms with Gasteiger partial charge in [-0.05, 0) is 12.1 Å². The summed E-state index contributed by atoms with van der Waals surface area (Å²) in [7, 11) is 1.59. The molecule has 1 N–H and O–H groups in total. The lowest BCUT2D eigenvalue weighted by atomic mass is 10.5. The summed E-state index contributed by atoms with van der Waals surface area (Å²) in [6, 6.07) is 5.91. The minimum absolute atomic E-state index is 0.623. The summed E-state index contributed by atoms with van der Waals surface area (Å²) in [5, 5.41) is 0. The first-order valence-corrected chi connectivity index (χ1v) is 4.08. The summed E-state index contributed by atoms with van der Waals surface area (Å²) in [6.45, 7) is 0.623. The van der Waals surface area contributed by atoms with E-state index in [4.69, 9.17) is 4.84 Å². The molecule has 68 valence electrons. The fraction of sp³-hybridized carbons (Fsp3) is 0.222. The lowest BCUT2D eigenvalue weighted by Crippen LogP contribution is -2.10. The predicted octanol–water partition coefficient (Wildman–Crippen LogP) is 0.985. The molecule has 0 saturated heterocycles. The van der Waals surface area contributed by atoms with Crippen LogP contribution in [-0.4, -0.2) is 16.5 Å². The Bertz CT molecular complexity index is 363. The topological polar surface area (TPSA) is 38.6 Å². The van der Waals surface area contributed by atoms with Crippen LogP contribution in [0.15, 0.2) is 30.6 Å². The first kappa shape index (κ1) is 8.22. The Balaban J connectivity index is 2.28. The molecule has 4 heteroatoms. The molecule has 13 heavy (non-hydrogen) atoms. The summed E-state index contributed by atoms with van der Waals surface area (Å²) in [5.74, 6) is 0. The Morgan fingerprint density at radius 1 is 1.54 bits per heavy atom. The van der Waals surface area contributed by atoms with Gasteiger partial charge in [0.05, 0.1) is 19.3 Å². The molecule has 0 radical (unpaired) electrons. The molecule has 0 aromatic carbocycles. The average molecular weight is 177 g/mol. The molecule has 0 bridgehead atoms. The van der Waals surface area contributed by atoms with Crippen molar-refractivity contribution in [1.82, 2.24) is 14.9 Å². The number of rotatable bonds is 3. The quantitative estimate of drug-likeness (QED) is 0.710. The molecule has 2 aromatic rings. The van der Waals surface area contributed by atoms with Gasteiger partial charge in [-0.3, -0.25) is 0 Å². The molecule has 0 aliphatic carbocycles. The Morgan fingerprint density at radius 2 is 2.46 bits per heavy atom. The van der Waals surface area contributed by atoms with Crippen molar-refractivity contribution in [3.8, 4) is 0 Å². The van der Waals surface area contributed by atoms with Crippen molar-refractivity contribution < 1.29 is 4.84 Å². The number of pyridine rings is 1. The van der Waals surface area contributed by atoms with Crippen LogP contribution in [0, 0.1) is 0 Å². The largest absolute Gasteiger partial charge is 0.307 e. The zero-order valence-corrected chi connectivity index (χ0v) is 7.40. The fourth-order valence-corrected chi connectivity index (χ4v) is 1.22. The second-order valence-corrected chi connectivity index (χ2v) is 2.72. The van der Waals surface area contributed by atoms with Gasteiger partial charge in [-0.2, -0.15) is 5.48 Å². The SMILES string of the molecule is CONCc1cn2ccccc2n1. The zero-order valence-electron chi connectivity index (χ0n) is 7.40. The van der Waals surface area contributed by atoms with Crippen LogP contribution in [0.3, 0.4) is 0 Å². The first-order valence-electron chi connectivity index (χ1n) is 4.08. The van der Waals surface area contributed by atoms with Crippen LogP contribution in [0.4, 0.5) is 0 Å². The van der Waals surface area contributed by atoms with Crippen molar-refractivity contribution in [2.75, 3.05) is 7.11 Å². The Hall–Kier alpha value is -1.39. The smallest absolute Gasteiger partial charge is 0.137 e. The molecule has 0 amide bonds. The summed E-state index contributed by atoms with van der Waals surface area (Å²) in [4.78, 5) is 9.11. The van der Waals surface area contributed by atoms with Crippen LogP contribution in [0.2, 0.25) is 0 Å². The van der Waals surface area contributed by atoms with E-state index in [-0.39, 0.29) is 0 Å². The molecule has 0 fully saturated rings. The molecule has 0 atom stereocenters. The fourth-order valence-electron chi connectivity index (χ4n) is 1.22. The van der Waals surface area contributed by atoms with Crippen LogP contribution in [-0.2, 0) is 11.4 Å². The van der Waals surface area contributed by atoms with Gasteiger partial charge in [-0.15, -0.1) is 0 Å². The minimum atomic E-state index is 0.623. The van der Waals surface area contributed by atoms with Gasteiger partial charge >= 0.3 is 0 Å².